The van der Waals surface area contributed by atoms with Gasteiger partial charge in [-0.3, -0.25) is 0 Å². The molecule has 1 aromatic rings. The Hall–Kier alpha value is -1.06. The molecule has 78 valence electrons. The zero-order valence-electron chi connectivity index (χ0n) is 8.86. The molecule has 3 nitrogen and oxygen atoms in total. The number of ether oxygens (including phenoxy) is 1. The normalized spacial score (nSPS) is 10.6. The molecule has 0 unspecified atom stereocenters. The Morgan fingerprint density at radius 3 is 2.79 bits per heavy atom. The molecule has 0 atom stereocenters. The minimum Gasteiger partial charge on any atom is -0.492 e. The van der Waals surface area contributed by atoms with Crippen LogP contribution in [0.25, 0.3) is 0 Å². The van der Waals surface area contributed by atoms with Crippen LogP contribution in [-0.2, 0) is 6.54 Å². The van der Waals surface area contributed by atoms with Gasteiger partial charge in [0.05, 0.1) is 0 Å². The lowest BCUT2D eigenvalue weighted by atomic mass is 10.2. The van der Waals surface area contributed by atoms with Crippen LogP contribution in [0.2, 0.25) is 0 Å². The van der Waals surface area contributed by atoms with Gasteiger partial charge in [0.15, 0.2) is 0 Å². The van der Waals surface area contributed by atoms with E-state index in [1.165, 1.54) is 5.56 Å². The van der Waals surface area contributed by atoms with E-state index in [0.717, 1.165) is 12.3 Å². The average molecular weight is 194 g/mol. The first-order valence-electron chi connectivity index (χ1n) is 4.79. The molecule has 0 saturated carbocycles. The summed E-state index contributed by atoms with van der Waals surface area (Å²) in [6.45, 7) is 2.06. The van der Waals surface area contributed by atoms with Gasteiger partial charge < -0.3 is 15.4 Å². The number of hydrogen-bond donors (Lipinski definition) is 1. The topological polar surface area (TPSA) is 38.5 Å². The van der Waals surface area contributed by atoms with Crippen molar-refractivity contribution in [1.82, 2.24) is 4.90 Å². The molecule has 0 aromatic heterocycles. The number of nitrogens with two attached hydrogens (primary N) is 1. The number of benzene rings is 1. The lowest BCUT2D eigenvalue weighted by Gasteiger charge is -2.11. The molecule has 3 heteroatoms. The number of hydrogen-bond acceptors (Lipinski definition) is 3. The molecule has 0 bridgehead atoms. The van der Waals surface area contributed by atoms with Crippen molar-refractivity contribution in [2.24, 2.45) is 5.73 Å². The maximum Gasteiger partial charge on any atom is 0.119 e. The summed E-state index contributed by atoms with van der Waals surface area (Å²) in [7, 11) is 4.10. The van der Waals surface area contributed by atoms with Gasteiger partial charge >= 0.3 is 0 Å². The van der Waals surface area contributed by atoms with Gasteiger partial charge in [0.25, 0.3) is 0 Å². The Kier molecular flexibility index (Phi) is 4.43. The maximum absolute atomic E-state index is 5.43. The first kappa shape index (κ1) is 11.0. The molecule has 0 heterocycles. The van der Waals surface area contributed by atoms with Gasteiger partial charge in [-0.1, -0.05) is 12.1 Å². The molecule has 0 fully saturated rings. The van der Waals surface area contributed by atoms with Gasteiger partial charge in [-0.05, 0) is 31.8 Å². The summed E-state index contributed by atoms with van der Waals surface area (Å²) in [5, 5.41) is 0. The third-order valence-electron chi connectivity index (χ3n) is 1.78. The van der Waals surface area contributed by atoms with E-state index in [1.54, 1.807) is 0 Å². The predicted octanol–water partition coefficient (Wildman–Crippen LogP) is 1.09. The van der Waals surface area contributed by atoms with Crippen LogP contribution in [0.3, 0.4) is 0 Å². The highest BCUT2D eigenvalue weighted by molar-refractivity contribution is 5.28. The Labute approximate surface area is 85.5 Å². The first-order valence-corrected chi connectivity index (χ1v) is 4.79. The average Bonchev–Trinajstić information content (AvgIpc) is 2.14. The molecule has 0 amide bonds. The molecular weight excluding hydrogens is 176 g/mol. The summed E-state index contributed by atoms with van der Waals surface area (Å²) in [6.07, 6.45) is 0. The van der Waals surface area contributed by atoms with Crippen molar-refractivity contribution in [2.75, 3.05) is 27.2 Å². The fourth-order valence-electron chi connectivity index (χ4n) is 1.28. The summed E-state index contributed by atoms with van der Waals surface area (Å²) in [5.41, 5.74) is 6.62. The molecule has 1 aromatic carbocycles. The SMILES string of the molecule is CN(C)Cc1cccc(OCCN)c1. The number of rotatable bonds is 5. The largest absolute Gasteiger partial charge is 0.492 e. The maximum atomic E-state index is 5.43. The minimum atomic E-state index is 0.553. The second-order valence-corrected chi connectivity index (χ2v) is 3.52. The molecule has 1 rings (SSSR count). The van der Waals surface area contributed by atoms with Gasteiger partial charge in [-0.25, -0.2) is 0 Å². The molecule has 0 spiro atoms. The molecule has 2 N–H and O–H groups in total. The van der Waals surface area contributed by atoms with Crippen molar-refractivity contribution in [3.63, 3.8) is 0 Å². The molecule has 0 aliphatic carbocycles. The zero-order valence-corrected chi connectivity index (χ0v) is 8.86. The molecule has 14 heavy (non-hydrogen) atoms. The first-order chi connectivity index (χ1) is 6.72. The summed E-state index contributed by atoms with van der Waals surface area (Å²) in [4.78, 5) is 2.13. The zero-order chi connectivity index (χ0) is 10.4. The van der Waals surface area contributed by atoms with E-state index in [-0.39, 0.29) is 0 Å². The van der Waals surface area contributed by atoms with Gasteiger partial charge in [0, 0.05) is 13.1 Å². The van der Waals surface area contributed by atoms with Crippen LogP contribution in [0, 0.1) is 0 Å². The van der Waals surface area contributed by atoms with E-state index in [2.05, 4.69) is 17.0 Å². The van der Waals surface area contributed by atoms with E-state index < -0.39 is 0 Å². The van der Waals surface area contributed by atoms with Gasteiger partial charge in [0.1, 0.15) is 12.4 Å². The Bertz CT molecular complexity index is 274. The third-order valence-corrected chi connectivity index (χ3v) is 1.78. The van der Waals surface area contributed by atoms with Crippen molar-refractivity contribution >= 4 is 0 Å². The standard InChI is InChI=1S/C11H18N2O/c1-13(2)9-10-4-3-5-11(8-10)14-7-6-12/h3-5,8H,6-7,9,12H2,1-2H3. The van der Waals surface area contributed by atoms with Gasteiger partial charge in [-0.15, -0.1) is 0 Å². The highest BCUT2D eigenvalue weighted by Crippen LogP contribution is 2.13. The quantitative estimate of drug-likeness (QED) is 0.762. The van der Waals surface area contributed by atoms with Crippen molar-refractivity contribution in [3.8, 4) is 5.75 Å². The molecular formula is C11H18N2O. The van der Waals surface area contributed by atoms with E-state index in [0.29, 0.717) is 13.2 Å². The van der Waals surface area contributed by atoms with Crippen molar-refractivity contribution < 1.29 is 4.74 Å². The summed E-state index contributed by atoms with van der Waals surface area (Å²) in [6, 6.07) is 8.10. The van der Waals surface area contributed by atoms with Crippen molar-refractivity contribution in [3.05, 3.63) is 29.8 Å². The van der Waals surface area contributed by atoms with Gasteiger partial charge in [-0.2, -0.15) is 0 Å². The van der Waals surface area contributed by atoms with Crippen LogP contribution in [0.15, 0.2) is 24.3 Å². The smallest absolute Gasteiger partial charge is 0.119 e. The summed E-state index contributed by atoms with van der Waals surface area (Å²) < 4.78 is 5.43. The van der Waals surface area contributed by atoms with Gasteiger partial charge in [0.2, 0.25) is 0 Å². The third kappa shape index (κ3) is 3.77. The monoisotopic (exact) mass is 194 g/mol. The molecule has 0 saturated heterocycles. The summed E-state index contributed by atoms with van der Waals surface area (Å²) in [5.74, 6) is 0.898. The lowest BCUT2D eigenvalue weighted by molar-refractivity contribution is 0.327. The highest BCUT2D eigenvalue weighted by atomic mass is 16.5. The summed E-state index contributed by atoms with van der Waals surface area (Å²) >= 11 is 0. The van der Waals surface area contributed by atoms with Crippen LogP contribution in [0.4, 0.5) is 0 Å². The lowest BCUT2D eigenvalue weighted by Crippen LogP contribution is -2.12. The Morgan fingerprint density at radius 1 is 1.36 bits per heavy atom. The van der Waals surface area contributed by atoms with E-state index >= 15 is 0 Å². The van der Waals surface area contributed by atoms with Crippen LogP contribution in [0.5, 0.6) is 5.75 Å². The van der Waals surface area contributed by atoms with E-state index in [1.807, 2.05) is 26.2 Å². The minimum absolute atomic E-state index is 0.553. The Balaban J connectivity index is 2.59. The van der Waals surface area contributed by atoms with Crippen LogP contribution in [0.1, 0.15) is 5.56 Å². The molecule has 0 radical (unpaired) electrons. The predicted molar refractivity (Wildman–Crippen MR) is 58.4 cm³/mol. The fourth-order valence-corrected chi connectivity index (χ4v) is 1.28. The van der Waals surface area contributed by atoms with E-state index in [9.17, 15) is 0 Å². The fraction of sp³-hybridized carbons (Fsp3) is 0.455. The van der Waals surface area contributed by atoms with Crippen LogP contribution >= 0.6 is 0 Å². The number of nitrogens with zero attached hydrogens (tertiary/aromatic N) is 1. The van der Waals surface area contributed by atoms with E-state index in [4.69, 9.17) is 10.5 Å². The van der Waals surface area contributed by atoms with Crippen molar-refractivity contribution in [1.29, 1.82) is 0 Å². The second kappa shape index (κ2) is 5.62. The molecule has 0 aliphatic heterocycles. The molecule has 0 aliphatic rings. The second-order valence-electron chi connectivity index (χ2n) is 3.52. The Morgan fingerprint density at radius 2 is 2.14 bits per heavy atom. The van der Waals surface area contributed by atoms with Crippen LogP contribution < -0.4 is 10.5 Å². The highest BCUT2D eigenvalue weighted by Gasteiger charge is 1.97. The van der Waals surface area contributed by atoms with Crippen molar-refractivity contribution in [2.45, 2.75) is 6.54 Å². The van der Waals surface area contributed by atoms with Crippen LogP contribution in [-0.4, -0.2) is 32.1 Å².